The molecular formula is C20H15BrN2O3. The number of carbonyl (C=O) groups excluding carboxylic acids is 1. The molecule has 4 aromatic rings. The SMILES string of the molecule is COc1ccc2cc3cc(C(=O)N(C)c4ccc(Br)cc4)oc3nc2c1. The first-order valence-corrected chi connectivity index (χ1v) is 8.76. The first-order chi connectivity index (χ1) is 12.5. The van der Waals surface area contributed by atoms with E-state index < -0.39 is 0 Å². The Morgan fingerprint density at radius 1 is 1.08 bits per heavy atom. The van der Waals surface area contributed by atoms with E-state index in [9.17, 15) is 4.79 Å². The van der Waals surface area contributed by atoms with Gasteiger partial charge in [0.1, 0.15) is 5.75 Å². The second-order valence-electron chi connectivity index (χ2n) is 5.89. The van der Waals surface area contributed by atoms with E-state index in [1.165, 1.54) is 0 Å². The summed E-state index contributed by atoms with van der Waals surface area (Å²) in [7, 11) is 3.33. The Kier molecular flexibility index (Phi) is 4.12. The molecule has 0 bridgehead atoms. The van der Waals surface area contributed by atoms with Gasteiger partial charge in [0.05, 0.1) is 12.6 Å². The minimum Gasteiger partial charge on any atom is -0.497 e. The third kappa shape index (κ3) is 2.93. The number of ether oxygens (including phenoxy) is 1. The quantitative estimate of drug-likeness (QED) is 0.475. The van der Waals surface area contributed by atoms with Crippen LogP contribution in [-0.2, 0) is 0 Å². The van der Waals surface area contributed by atoms with E-state index in [-0.39, 0.29) is 11.7 Å². The molecule has 4 rings (SSSR count). The summed E-state index contributed by atoms with van der Waals surface area (Å²) < 4.78 is 11.9. The van der Waals surface area contributed by atoms with Gasteiger partial charge in [-0.2, -0.15) is 0 Å². The lowest BCUT2D eigenvalue weighted by Crippen LogP contribution is -2.25. The van der Waals surface area contributed by atoms with Crippen LogP contribution in [0.1, 0.15) is 10.6 Å². The number of anilines is 1. The predicted molar refractivity (Wildman–Crippen MR) is 105 cm³/mol. The van der Waals surface area contributed by atoms with E-state index >= 15 is 0 Å². The van der Waals surface area contributed by atoms with E-state index in [1.54, 1.807) is 25.1 Å². The molecule has 2 heterocycles. The molecule has 0 unspecified atom stereocenters. The van der Waals surface area contributed by atoms with Crippen molar-refractivity contribution in [2.24, 2.45) is 0 Å². The van der Waals surface area contributed by atoms with Gasteiger partial charge in [0, 0.05) is 34.0 Å². The molecule has 0 aliphatic carbocycles. The number of pyridine rings is 1. The Hall–Kier alpha value is -2.86. The maximum atomic E-state index is 12.8. The highest BCUT2D eigenvalue weighted by molar-refractivity contribution is 9.10. The molecule has 6 heteroatoms. The molecular weight excluding hydrogens is 396 g/mol. The molecule has 130 valence electrons. The predicted octanol–water partition coefficient (Wildman–Crippen LogP) is 5.03. The van der Waals surface area contributed by atoms with Gasteiger partial charge in [0.15, 0.2) is 5.76 Å². The van der Waals surface area contributed by atoms with Gasteiger partial charge in [-0.1, -0.05) is 15.9 Å². The summed E-state index contributed by atoms with van der Waals surface area (Å²) in [6, 6.07) is 16.8. The average Bonchev–Trinajstić information content (AvgIpc) is 3.07. The second kappa shape index (κ2) is 6.46. The van der Waals surface area contributed by atoms with Gasteiger partial charge >= 0.3 is 0 Å². The molecule has 0 saturated heterocycles. The summed E-state index contributed by atoms with van der Waals surface area (Å²) in [4.78, 5) is 18.8. The zero-order chi connectivity index (χ0) is 18.3. The number of carbonyl (C=O) groups is 1. The van der Waals surface area contributed by atoms with Crippen LogP contribution in [-0.4, -0.2) is 25.0 Å². The third-order valence-corrected chi connectivity index (χ3v) is 4.77. The first kappa shape index (κ1) is 16.6. The molecule has 0 radical (unpaired) electrons. The Bertz CT molecular complexity index is 1120. The molecule has 1 amide bonds. The van der Waals surface area contributed by atoms with Crippen molar-refractivity contribution in [3.63, 3.8) is 0 Å². The van der Waals surface area contributed by atoms with Crippen molar-refractivity contribution in [1.29, 1.82) is 0 Å². The van der Waals surface area contributed by atoms with Crippen molar-refractivity contribution < 1.29 is 13.9 Å². The normalized spacial score (nSPS) is 11.0. The van der Waals surface area contributed by atoms with Crippen LogP contribution in [0, 0.1) is 0 Å². The highest BCUT2D eigenvalue weighted by Gasteiger charge is 2.19. The molecule has 0 aliphatic rings. The summed E-state index contributed by atoms with van der Waals surface area (Å²) >= 11 is 3.39. The van der Waals surface area contributed by atoms with Crippen LogP contribution in [0.4, 0.5) is 5.69 Å². The first-order valence-electron chi connectivity index (χ1n) is 7.97. The third-order valence-electron chi connectivity index (χ3n) is 4.24. The van der Waals surface area contributed by atoms with E-state index in [4.69, 9.17) is 9.15 Å². The minimum absolute atomic E-state index is 0.230. The number of amides is 1. The fourth-order valence-electron chi connectivity index (χ4n) is 2.79. The number of halogens is 1. The summed E-state index contributed by atoms with van der Waals surface area (Å²) in [5.74, 6) is 0.745. The van der Waals surface area contributed by atoms with Crippen LogP contribution < -0.4 is 9.64 Å². The van der Waals surface area contributed by atoms with Gasteiger partial charge in [-0.15, -0.1) is 0 Å². The highest BCUT2D eigenvalue weighted by Crippen LogP contribution is 2.27. The van der Waals surface area contributed by atoms with Gasteiger partial charge in [-0.05, 0) is 48.5 Å². The van der Waals surface area contributed by atoms with Crippen LogP contribution >= 0.6 is 15.9 Å². The molecule has 2 aromatic carbocycles. The maximum Gasteiger partial charge on any atom is 0.293 e. The largest absolute Gasteiger partial charge is 0.497 e. The fourth-order valence-corrected chi connectivity index (χ4v) is 3.05. The van der Waals surface area contributed by atoms with Crippen molar-refractivity contribution in [3.8, 4) is 5.75 Å². The number of hydrogen-bond acceptors (Lipinski definition) is 4. The maximum absolute atomic E-state index is 12.8. The van der Waals surface area contributed by atoms with Gasteiger partial charge in [0.2, 0.25) is 5.71 Å². The van der Waals surface area contributed by atoms with Gasteiger partial charge in [-0.3, -0.25) is 4.79 Å². The molecule has 0 aliphatic heterocycles. The minimum atomic E-state index is -0.230. The molecule has 5 nitrogen and oxygen atoms in total. The summed E-state index contributed by atoms with van der Waals surface area (Å²) in [6.07, 6.45) is 0. The number of nitrogens with zero attached hydrogens (tertiary/aromatic N) is 2. The van der Waals surface area contributed by atoms with Crippen LogP contribution in [0.5, 0.6) is 5.75 Å². The van der Waals surface area contributed by atoms with Crippen molar-refractivity contribution in [2.45, 2.75) is 0 Å². The van der Waals surface area contributed by atoms with E-state index in [1.807, 2.05) is 48.5 Å². The lowest BCUT2D eigenvalue weighted by atomic mass is 10.2. The van der Waals surface area contributed by atoms with Gasteiger partial charge < -0.3 is 14.1 Å². The highest BCUT2D eigenvalue weighted by atomic mass is 79.9. The van der Waals surface area contributed by atoms with Crippen molar-refractivity contribution in [2.75, 3.05) is 19.1 Å². The zero-order valence-electron chi connectivity index (χ0n) is 14.2. The van der Waals surface area contributed by atoms with E-state index in [0.717, 1.165) is 32.2 Å². The van der Waals surface area contributed by atoms with Crippen LogP contribution in [0.3, 0.4) is 0 Å². The summed E-state index contributed by atoms with van der Waals surface area (Å²) in [5.41, 5.74) is 1.96. The van der Waals surface area contributed by atoms with Crippen molar-refractivity contribution >= 4 is 49.5 Å². The molecule has 0 spiro atoms. The monoisotopic (exact) mass is 410 g/mol. The number of rotatable bonds is 3. The number of furan rings is 1. The van der Waals surface area contributed by atoms with Crippen LogP contribution in [0.15, 0.2) is 63.5 Å². The standard InChI is InChI=1S/C20H15BrN2O3/c1-23(15-6-4-14(21)5-7-15)20(24)18-10-13-9-12-3-8-16(25-2)11-17(12)22-19(13)26-18/h3-11H,1-2H3. The Morgan fingerprint density at radius 3 is 2.58 bits per heavy atom. The van der Waals surface area contributed by atoms with Crippen LogP contribution in [0.25, 0.3) is 22.0 Å². The smallest absolute Gasteiger partial charge is 0.293 e. The molecule has 0 N–H and O–H groups in total. The summed E-state index contributed by atoms with van der Waals surface area (Å²) in [5, 5.41) is 1.74. The topological polar surface area (TPSA) is 55.6 Å². The van der Waals surface area contributed by atoms with Crippen LogP contribution in [0.2, 0.25) is 0 Å². The number of aromatic nitrogens is 1. The molecule has 2 aromatic heterocycles. The Labute approximate surface area is 158 Å². The molecule has 26 heavy (non-hydrogen) atoms. The molecule has 0 atom stereocenters. The van der Waals surface area contributed by atoms with Gasteiger partial charge in [-0.25, -0.2) is 4.98 Å². The van der Waals surface area contributed by atoms with Gasteiger partial charge in [0.25, 0.3) is 5.91 Å². The van der Waals surface area contributed by atoms with Crippen molar-refractivity contribution in [3.05, 3.63) is 64.8 Å². The molecule has 0 saturated carbocycles. The number of fused-ring (bicyclic) bond motifs is 2. The number of methoxy groups -OCH3 is 1. The number of benzene rings is 2. The number of hydrogen-bond donors (Lipinski definition) is 0. The van der Waals surface area contributed by atoms with E-state index in [0.29, 0.717) is 5.71 Å². The lowest BCUT2D eigenvalue weighted by molar-refractivity contribution is 0.0968. The average molecular weight is 411 g/mol. The molecule has 0 fully saturated rings. The fraction of sp³-hybridized carbons (Fsp3) is 0.100. The second-order valence-corrected chi connectivity index (χ2v) is 6.81. The summed E-state index contributed by atoms with van der Waals surface area (Å²) in [6.45, 7) is 0. The lowest BCUT2D eigenvalue weighted by Gasteiger charge is -2.15. The van der Waals surface area contributed by atoms with E-state index in [2.05, 4.69) is 20.9 Å². The zero-order valence-corrected chi connectivity index (χ0v) is 15.8. The van der Waals surface area contributed by atoms with Crippen molar-refractivity contribution in [1.82, 2.24) is 4.98 Å². The Morgan fingerprint density at radius 2 is 1.85 bits per heavy atom. The Balaban J connectivity index is 1.72.